The van der Waals surface area contributed by atoms with E-state index in [1.54, 1.807) is 0 Å². The zero-order valence-corrected chi connectivity index (χ0v) is 30.8. The van der Waals surface area contributed by atoms with Crippen molar-refractivity contribution in [2.24, 2.45) is 11.8 Å². The summed E-state index contributed by atoms with van der Waals surface area (Å²) < 4.78 is 6.90. The molecule has 6 nitrogen and oxygen atoms in total. The van der Waals surface area contributed by atoms with Gasteiger partial charge >= 0.3 is 0 Å². The van der Waals surface area contributed by atoms with Gasteiger partial charge in [0.1, 0.15) is 5.69 Å². The number of aromatic nitrogens is 1. The van der Waals surface area contributed by atoms with E-state index >= 15 is 0 Å². The average molecular weight is 682 g/mol. The van der Waals surface area contributed by atoms with Gasteiger partial charge in [-0.15, -0.1) is 0 Å². The fraction of sp³-hybridized carbons (Fsp3) is 0.500. The van der Waals surface area contributed by atoms with Crippen LogP contribution in [0.3, 0.4) is 0 Å². The smallest absolute Gasteiger partial charge is 0.219 e. The molecule has 0 bridgehead atoms. The van der Waals surface area contributed by atoms with Crippen LogP contribution >= 0.6 is 11.6 Å². The number of hydrogen-bond acceptors (Lipinski definition) is 6. The van der Waals surface area contributed by atoms with Crippen LogP contribution < -0.4 is 10.2 Å². The lowest BCUT2D eigenvalue weighted by atomic mass is 9.71. The number of halogens is 1. The Morgan fingerprint density at radius 3 is 2.06 bits per heavy atom. The van der Waals surface area contributed by atoms with Gasteiger partial charge in [0.05, 0.1) is 6.04 Å². The van der Waals surface area contributed by atoms with Crippen LogP contribution in [0.15, 0.2) is 89.3 Å². The number of piperazine rings is 1. The largest absolute Gasteiger partial charge is 0.423 e. The van der Waals surface area contributed by atoms with Gasteiger partial charge in [-0.1, -0.05) is 85.1 Å². The highest BCUT2D eigenvalue weighted by molar-refractivity contribution is 6.30. The standard InChI is InChI=1S/C42H56ClN5O/c1-5-47(6-2)41-38(29-32-13-9-7-10-14-32)44-40(49-41)39(48-27-25-46(26-28-48)31-34-15-11-8-12-16-34)30-33-17-19-35(20-18-33)42(3,4)45-37-23-21-36(43)22-24-37/h7-16,21-24,33,35,39,45H,5-6,17-20,25-31H2,1-4H3. The summed E-state index contributed by atoms with van der Waals surface area (Å²) in [5.41, 5.74) is 4.88. The van der Waals surface area contributed by atoms with Crippen LogP contribution in [0, 0.1) is 11.8 Å². The van der Waals surface area contributed by atoms with Crippen LogP contribution in [0.25, 0.3) is 0 Å². The molecule has 2 aliphatic rings. The third kappa shape index (κ3) is 9.27. The lowest BCUT2D eigenvalue weighted by molar-refractivity contribution is 0.0614. The normalized spacial score (nSPS) is 19.9. The van der Waals surface area contributed by atoms with Crippen LogP contribution in [-0.2, 0) is 13.0 Å². The fourth-order valence-corrected chi connectivity index (χ4v) is 8.22. The second kappa shape index (κ2) is 16.6. The molecule has 1 atom stereocenters. The van der Waals surface area contributed by atoms with Gasteiger partial charge in [0.25, 0.3) is 0 Å². The number of oxazole rings is 1. The van der Waals surface area contributed by atoms with Gasteiger partial charge in [-0.3, -0.25) is 9.80 Å². The van der Waals surface area contributed by atoms with Gasteiger partial charge < -0.3 is 14.6 Å². The van der Waals surface area contributed by atoms with E-state index in [1.807, 2.05) is 12.1 Å². The zero-order valence-electron chi connectivity index (χ0n) is 30.1. The van der Waals surface area contributed by atoms with E-state index in [-0.39, 0.29) is 11.6 Å². The molecule has 1 aliphatic carbocycles. The van der Waals surface area contributed by atoms with Gasteiger partial charge in [-0.05, 0) is 94.2 Å². The molecule has 3 aromatic carbocycles. The number of rotatable bonds is 14. The Bertz CT molecular complexity index is 1550. The van der Waals surface area contributed by atoms with Crippen LogP contribution in [0.5, 0.6) is 0 Å². The molecule has 1 aromatic heterocycles. The van der Waals surface area contributed by atoms with Gasteiger partial charge in [0.15, 0.2) is 0 Å². The summed E-state index contributed by atoms with van der Waals surface area (Å²) >= 11 is 6.16. The van der Waals surface area contributed by atoms with Crippen molar-refractivity contribution in [2.75, 3.05) is 49.5 Å². The summed E-state index contributed by atoms with van der Waals surface area (Å²) in [4.78, 5) is 13.0. The Morgan fingerprint density at radius 1 is 0.837 bits per heavy atom. The third-order valence-electron chi connectivity index (χ3n) is 11.1. The van der Waals surface area contributed by atoms with Crippen molar-refractivity contribution in [1.82, 2.24) is 14.8 Å². The van der Waals surface area contributed by atoms with Crippen LogP contribution in [-0.4, -0.2) is 59.6 Å². The molecule has 1 N–H and O–H groups in total. The van der Waals surface area contributed by atoms with Crippen LogP contribution in [0.1, 0.15) is 88.6 Å². The summed E-state index contributed by atoms with van der Waals surface area (Å²) in [6.45, 7) is 16.1. The monoisotopic (exact) mass is 681 g/mol. The highest BCUT2D eigenvalue weighted by atomic mass is 35.5. The molecule has 0 amide bonds. The van der Waals surface area contributed by atoms with Crippen molar-refractivity contribution in [3.05, 3.63) is 113 Å². The molecular weight excluding hydrogens is 626 g/mol. The lowest BCUT2D eigenvalue weighted by Gasteiger charge is -2.42. The first-order valence-electron chi connectivity index (χ1n) is 18.6. The zero-order chi connectivity index (χ0) is 34.2. The van der Waals surface area contributed by atoms with E-state index in [1.165, 1.54) is 36.8 Å². The van der Waals surface area contributed by atoms with Crippen LogP contribution in [0.4, 0.5) is 11.6 Å². The molecule has 1 aliphatic heterocycles. The summed E-state index contributed by atoms with van der Waals surface area (Å²) in [6.07, 6.45) is 6.81. The first kappa shape index (κ1) is 35.5. The number of nitrogens with zero attached hydrogens (tertiary/aromatic N) is 4. The maximum Gasteiger partial charge on any atom is 0.219 e. The lowest BCUT2D eigenvalue weighted by Crippen LogP contribution is -2.47. The molecule has 262 valence electrons. The predicted molar refractivity (Wildman–Crippen MR) is 205 cm³/mol. The van der Waals surface area contributed by atoms with Gasteiger partial charge in [0, 0.05) is 68.5 Å². The molecule has 2 fully saturated rings. The minimum atomic E-state index is 0.0147. The Morgan fingerprint density at radius 2 is 1.45 bits per heavy atom. The Labute approximate surface area is 299 Å². The quantitative estimate of drug-likeness (QED) is 0.143. The molecule has 1 saturated carbocycles. The maximum atomic E-state index is 6.90. The summed E-state index contributed by atoms with van der Waals surface area (Å²) in [7, 11) is 0. The molecule has 1 unspecified atom stereocenters. The highest BCUT2D eigenvalue weighted by Crippen LogP contribution is 2.42. The van der Waals surface area contributed by atoms with Gasteiger partial charge in [0.2, 0.25) is 11.8 Å². The van der Waals surface area contributed by atoms with Gasteiger partial charge in [-0.2, -0.15) is 0 Å². The molecule has 49 heavy (non-hydrogen) atoms. The number of nitrogens with one attached hydrogen (secondary N) is 1. The molecule has 7 heteroatoms. The molecule has 4 aromatic rings. The van der Waals surface area contributed by atoms with E-state index in [2.05, 4.69) is 121 Å². The minimum Gasteiger partial charge on any atom is -0.423 e. The minimum absolute atomic E-state index is 0.0147. The van der Waals surface area contributed by atoms with E-state index < -0.39 is 0 Å². The Balaban J connectivity index is 1.19. The van der Waals surface area contributed by atoms with E-state index in [0.29, 0.717) is 11.8 Å². The average Bonchev–Trinajstić information content (AvgIpc) is 3.53. The van der Waals surface area contributed by atoms with E-state index in [0.717, 1.165) is 86.8 Å². The Kier molecular flexibility index (Phi) is 12.0. The van der Waals surface area contributed by atoms with E-state index in [4.69, 9.17) is 21.0 Å². The van der Waals surface area contributed by atoms with Crippen molar-refractivity contribution in [2.45, 2.75) is 84.3 Å². The number of benzene rings is 3. The van der Waals surface area contributed by atoms with Gasteiger partial charge in [-0.25, -0.2) is 4.98 Å². The molecule has 1 saturated heterocycles. The summed E-state index contributed by atoms with van der Waals surface area (Å²) in [6, 6.07) is 29.9. The topological polar surface area (TPSA) is 47.8 Å². The second-order valence-electron chi connectivity index (χ2n) is 14.8. The first-order valence-corrected chi connectivity index (χ1v) is 19.0. The van der Waals surface area contributed by atoms with Crippen molar-refractivity contribution in [3.63, 3.8) is 0 Å². The SMILES string of the molecule is CCN(CC)c1oc(C(CC2CCC(C(C)(C)Nc3ccc(Cl)cc3)CC2)N2CCN(Cc3ccccc3)CC2)nc1Cc1ccccc1. The maximum absolute atomic E-state index is 6.90. The van der Waals surface area contributed by atoms with Crippen molar-refractivity contribution < 1.29 is 4.42 Å². The molecule has 0 radical (unpaired) electrons. The number of hydrogen-bond donors (Lipinski definition) is 1. The van der Waals surface area contributed by atoms with Crippen molar-refractivity contribution >= 4 is 23.2 Å². The summed E-state index contributed by atoms with van der Waals surface area (Å²) in [5, 5.41) is 4.60. The molecular formula is C42H56ClN5O. The first-order chi connectivity index (χ1) is 23.8. The number of anilines is 2. The van der Waals surface area contributed by atoms with Crippen molar-refractivity contribution in [1.29, 1.82) is 0 Å². The fourth-order valence-electron chi connectivity index (χ4n) is 8.09. The third-order valence-corrected chi connectivity index (χ3v) is 11.3. The second-order valence-corrected chi connectivity index (χ2v) is 15.2. The predicted octanol–water partition coefficient (Wildman–Crippen LogP) is 9.71. The van der Waals surface area contributed by atoms with Crippen LogP contribution in [0.2, 0.25) is 5.02 Å². The summed E-state index contributed by atoms with van der Waals surface area (Å²) in [5.74, 6) is 3.13. The Hall–Kier alpha value is -3.32. The molecule has 2 heterocycles. The molecule has 6 rings (SSSR count). The van der Waals surface area contributed by atoms with Crippen molar-refractivity contribution in [3.8, 4) is 0 Å². The van der Waals surface area contributed by atoms with E-state index in [9.17, 15) is 0 Å². The highest BCUT2D eigenvalue weighted by Gasteiger charge is 2.37. The molecule has 0 spiro atoms.